The summed E-state index contributed by atoms with van der Waals surface area (Å²) in [5.41, 5.74) is 2.60. The molecule has 1 aliphatic heterocycles. The second-order valence-electron chi connectivity index (χ2n) is 6.54. The first-order valence-corrected chi connectivity index (χ1v) is 9.12. The lowest BCUT2D eigenvalue weighted by molar-refractivity contribution is -0.148. The van der Waals surface area contributed by atoms with Gasteiger partial charge in [-0.1, -0.05) is 12.1 Å². The lowest BCUT2D eigenvalue weighted by atomic mass is 9.99. The van der Waals surface area contributed by atoms with Crippen LogP contribution in [0.15, 0.2) is 42.5 Å². The molecule has 2 aromatic rings. The molecule has 1 heterocycles. The largest absolute Gasteiger partial charge is 0.493 e. The van der Waals surface area contributed by atoms with Gasteiger partial charge >= 0.3 is 5.97 Å². The predicted octanol–water partition coefficient (Wildman–Crippen LogP) is 2.98. The topological polar surface area (TPSA) is 65.1 Å². The van der Waals surface area contributed by atoms with E-state index in [9.17, 15) is 14.0 Å². The van der Waals surface area contributed by atoms with Gasteiger partial charge in [-0.15, -0.1) is 0 Å². The highest BCUT2D eigenvalue weighted by Gasteiger charge is 2.23. The predicted molar refractivity (Wildman–Crippen MR) is 105 cm³/mol. The van der Waals surface area contributed by atoms with Crippen molar-refractivity contribution in [2.75, 3.05) is 27.4 Å². The van der Waals surface area contributed by atoms with E-state index in [-0.39, 0.29) is 12.5 Å². The Morgan fingerprint density at radius 3 is 2.52 bits per heavy atom. The lowest BCUT2D eigenvalue weighted by Crippen LogP contribution is -2.38. The molecule has 1 amide bonds. The Bertz CT molecular complexity index is 941. The fourth-order valence-electron chi connectivity index (χ4n) is 3.14. The SMILES string of the molecule is COc1cc2c(cc1OC)CN(C(=O)COC(=O)/C=C/c1cccc(F)c1)CC2. The van der Waals surface area contributed by atoms with Crippen LogP contribution in [0.2, 0.25) is 0 Å². The van der Waals surface area contributed by atoms with Crippen LogP contribution in [0.3, 0.4) is 0 Å². The smallest absolute Gasteiger partial charge is 0.331 e. The van der Waals surface area contributed by atoms with E-state index in [1.807, 2.05) is 12.1 Å². The first-order chi connectivity index (χ1) is 14.0. The molecule has 0 spiro atoms. The van der Waals surface area contributed by atoms with Crippen molar-refractivity contribution in [2.24, 2.45) is 0 Å². The van der Waals surface area contributed by atoms with Crippen LogP contribution in [0, 0.1) is 5.82 Å². The number of benzene rings is 2. The van der Waals surface area contributed by atoms with Crippen molar-refractivity contribution in [3.05, 3.63) is 65.0 Å². The Morgan fingerprint density at radius 2 is 1.83 bits per heavy atom. The highest BCUT2D eigenvalue weighted by atomic mass is 19.1. The van der Waals surface area contributed by atoms with Crippen molar-refractivity contribution in [2.45, 2.75) is 13.0 Å². The molecule has 2 aromatic carbocycles. The maximum absolute atomic E-state index is 13.1. The second-order valence-corrected chi connectivity index (χ2v) is 6.54. The standard InChI is InChI=1S/C22H22FNO5/c1-27-19-11-16-8-9-24(13-17(16)12-20(19)28-2)21(25)14-29-22(26)7-6-15-4-3-5-18(23)10-15/h3-7,10-12H,8-9,13-14H2,1-2H3/b7-6+. The van der Waals surface area contributed by atoms with Gasteiger partial charge < -0.3 is 19.1 Å². The third-order valence-corrected chi connectivity index (χ3v) is 4.67. The van der Waals surface area contributed by atoms with E-state index in [0.717, 1.165) is 11.1 Å². The van der Waals surface area contributed by atoms with E-state index in [1.165, 1.54) is 24.3 Å². The van der Waals surface area contributed by atoms with Crippen LogP contribution in [0.5, 0.6) is 11.5 Å². The Kier molecular flexibility index (Phi) is 6.49. The fourth-order valence-corrected chi connectivity index (χ4v) is 3.14. The third-order valence-electron chi connectivity index (χ3n) is 4.67. The number of amides is 1. The second kappa shape index (κ2) is 9.23. The first-order valence-electron chi connectivity index (χ1n) is 9.12. The number of carbonyl (C=O) groups is 2. The lowest BCUT2D eigenvalue weighted by Gasteiger charge is -2.29. The van der Waals surface area contributed by atoms with E-state index in [2.05, 4.69) is 0 Å². The van der Waals surface area contributed by atoms with Crippen molar-refractivity contribution in [1.29, 1.82) is 0 Å². The highest BCUT2D eigenvalue weighted by Crippen LogP contribution is 2.33. The van der Waals surface area contributed by atoms with Crippen molar-refractivity contribution in [3.63, 3.8) is 0 Å². The maximum atomic E-state index is 13.1. The Balaban J connectivity index is 1.56. The van der Waals surface area contributed by atoms with Crippen molar-refractivity contribution in [3.8, 4) is 11.5 Å². The van der Waals surface area contributed by atoms with Gasteiger partial charge in [0.05, 0.1) is 14.2 Å². The first kappa shape index (κ1) is 20.4. The molecule has 0 saturated carbocycles. The summed E-state index contributed by atoms with van der Waals surface area (Å²) in [6.07, 6.45) is 3.28. The van der Waals surface area contributed by atoms with Crippen LogP contribution in [-0.2, 0) is 27.3 Å². The zero-order valence-corrected chi connectivity index (χ0v) is 16.3. The maximum Gasteiger partial charge on any atom is 0.331 e. The Labute approximate surface area is 168 Å². The summed E-state index contributed by atoms with van der Waals surface area (Å²) in [5.74, 6) is -0.0702. The molecule has 29 heavy (non-hydrogen) atoms. The molecule has 0 aromatic heterocycles. The molecule has 152 valence electrons. The highest BCUT2D eigenvalue weighted by molar-refractivity contribution is 5.89. The zero-order chi connectivity index (χ0) is 20.8. The van der Waals surface area contributed by atoms with E-state index in [1.54, 1.807) is 31.3 Å². The quantitative estimate of drug-likeness (QED) is 0.552. The van der Waals surface area contributed by atoms with Gasteiger partial charge in [0, 0.05) is 19.2 Å². The van der Waals surface area contributed by atoms with E-state index < -0.39 is 11.8 Å². The molecule has 7 heteroatoms. The monoisotopic (exact) mass is 399 g/mol. The zero-order valence-electron chi connectivity index (χ0n) is 16.3. The molecular formula is C22H22FNO5. The van der Waals surface area contributed by atoms with Crippen LogP contribution < -0.4 is 9.47 Å². The molecule has 0 bridgehead atoms. The van der Waals surface area contributed by atoms with Crippen LogP contribution in [0.1, 0.15) is 16.7 Å². The molecular weight excluding hydrogens is 377 g/mol. The van der Waals surface area contributed by atoms with Gasteiger partial charge in [-0.3, -0.25) is 4.79 Å². The van der Waals surface area contributed by atoms with Crippen LogP contribution in [0.25, 0.3) is 6.08 Å². The van der Waals surface area contributed by atoms with Crippen molar-refractivity contribution in [1.82, 2.24) is 4.90 Å². The summed E-state index contributed by atoms with van der Waals surface area (Å²) in [4.78, 5) is 25.9. The third kappa shape index (κ3) is 5.13. The van der Waals surface area contributed by atoms with Gasteiger partial charge in [-0.25, -0.2) is 9.18 Å². The van der Waals surface area contributed by atoms with Gasteiger partial charge in [-0.2, -0.15) is 0 Å². The van der Waals surface area contributed by atoms with Gasteiger partial charge in [0.15, 0.2) is 18.1 Å². The molecule has 3 rings (SSSR count). The number of rotatable bonds is 6. The number of carbonyl (C=O) groups excluding carboxylic acids is 2. The van der Waals surface area contributed by atoms with E-state index >= 15 is 0 Å². The Morgan fingerprint density at radius 1 is 1.10 bits per heavy atom. The number of hydrogen-bond donors (Lipinski definition) is 0. The van der Waals surface area contributed by atoms with Gasteiger partial charge in [0.1, 0.15) is 5.82 Å². The summed E-state index contributed by atoms with van der Waals surface area (Å²) in [5, 5.41) is 0. The average molecular weight is 399 g/mol. The molecule has 0 N–H and O–H groups in total. The average Bonchev–Trinajstić information content (AvgIpc) is 2.74. The number of nitrogens with zero attached hydrogens (tertiary/aromatic N) is 1. The summed E-state index contributed by atoms with van der Waals surface area (Å²) in [7, 11) is 3.15. The summed E-state index contributed by atoms with van der Waals surface area (Å²) >= 11 is 0. The molecule has 0 aliphatic carbocycles. The van der Waals surface area contributed by atoms with E-state index in [4.69, 9.17) is 14.2 Å². The number of esters is 1. The number of hydrogen-bond acceptors (Lipinski definition) is 5. The minimum Gasteiger partial charge on any atom is -0.493 e. The molecule has 0 atom stereocenters. The minimum absolute atomic E-state index is 0.280. The van der Waals surface area contributed by atoms with Crippen LogP contribution >= 0.6 is 0 Å². The molecule has 6 nitrogen and oxygen atoms in total. The van der Waals surface area contributed by atoms with Gasteiger partial charge in [-0.05, 0) is 53.5 Å². The van der Waals surface area contributed by atoms with Gasteiger partial charge in [0.2, 0.25) is 0 Å². The van der Waals surface area contributed by atoms with Crippen LogP contribution in [-0.4, -0.2) is 44.1 Å². The Hall–Kier alpha value is -3.35. The van der Waals surface area contributed by atoms with Crippen molar-refractivity contribution >= 4 is 18.0 Å². The number of ether oxygens (including phenoxy) is 3. The summed E-state index contributed by atoms with van der Waals surface area (Å²) in [6, 6.07) is 9.60. The molecule has 0 fully saturated rings. The number of methoxy groups -OCH3 is 2. The number of fused-ring (bicyclic) bond motifs is 1. The van der Waals surface area contributed by atoms with E-state index in [0.29, 0.717) is 36.6 Å². The summed E-state index contributed by atoms with van der Waals surface area (Å²) in [6.45, 7) is 0.581. The molecule has 0 radical (unpaired) electrons. The van der Waals surface area contributed by atoms with Gasteiger partial charge in [0.25, 0.3) is 5.91 Å². The molecule has 1 aliphatic rings. The fraction of sp³-hybridized carbons (Fsp3) is 0.273. The van der Waals surface area contributed by atoms with Crippen LogP contribution in [0.4, 0.5) is 4.39 Å². The number of halogens is 1. The molecule has 0 saturated heterocycles. The normalized spacial score (nSPS) is 13.1. The van der Waals surface area contributed by atoms with Crippen molar-refractivity contribution < 1.29 is 28.2 Å². The summed E-state index contributed by atoms with van der Waals surface area (Å²) < 4.78 is 28.8. The minimum atomic E-state index is -0.661. The molecule has 0 unspecified atom stereocenters.